The van der Waals surface area contributed by atoms with Gasteiger partial charge < -0.3 is 16.2 Å². The molecule has 0 aromatic heterocycles. The Bertz CT molecular complexity index is 597. The Labute approximate surface area is 115 Å². The lowest BCUT2D eigenvalue weighted by atomic mass is 10.2. The minimum absolute atomic E-state index is 0.414. The first-order chi connectivity index (χ1) is 9.10. The SMILES string of the molecule is COc1ccc(Sc2ccc(C(N)=O)cc2N)cc1. The molecule has 0 saturated carbocycles. The zero-order chi connectivity index (χ0) is 13.8. The number of nitrogens with two attached hydrogens (primary N) is 2. The van der Waals surface area contributed by atoms with Crippen molar-refractivity contribution in [3.05, 3.63) is 48.0 Å². The second-order valence-corrected chi connectivity index (χ2v) is 5.01. The van der Waals surface area contributed by atoms with E-state index >= 15 is 0 Å². The molecule has 0 aliphatic rings. The molecule has 0 spiro atoms. The molecule has 1 amide bonds. The van der Waals surface area contributed by atoms with Gasteiger partial charge in [-0.3, -0.25) is 4.79 Å². The van der Waals surface area contributed by atoms with Gasteiger partial charge in [-0.05, 0) is 42.5 Å². The monoisotopic (exact) mass is 274 g/mol. The number of amides is 1. The second kappa shape index (κ2) is 5.67. The molecule has 5 heteroatoms. The number of benzene rings is 2. The molecule has 0 radical (unpaired) electrons. The molecule has 2 aromatic carbocycles. The Balaban J connectivity index is 2.20. The number of primary amides is 1. The quantitative estimate of drug-likeness (QED) is 0.840. The van der Waals surface area contributed by atoms with Crippen LogP contribution in [0.5, 0.6) is 5.75 Å². The van der Waals surface area contributed by atoms with Gasteiger partial charge in [-0.2, -0.15) is 0 Å². The van der Waals surface area contributed by atoms with Gasteiger partial charge in [-0.15, -0.1) is 0 Å². The zero-order valence-corrected chi connectivity index (χ0v) is 11.2. The lowest BCUT2D eigenvalue weighted by molar-refractivity contribution is 0.100. The van der Waals surface area contributed by atoms with E-state index in [4.69, 9.17) is 16.2 Å². The third-order valence-corrected chi connectivity index (χ3v) is 3.68. The Morgan fingerprint density at radius 1 is 1.16 bits per heavy atom. The minimum Gasteiger partial charge on any atom is -0.497 e. The molecule has 0 aliphatic heterocycles. The molecule has 98 valence electrons. The van der Waals surface area contributed by atoms with E-state index in [9.17, 15) is 4.79 Å². The van der Waals surface area contributed by atoms with Crippen LogP contribution in [0.1, 0.15) is 10.4 Å². The van der Waals surface area contributed by atoms with E-state index in [2.05, 4.69) is 0 Å². The summed E-state index contributed by atoms with van der Waals surface area (Å²) in [5.74, 6) is 0.328. The number of carbonyl (C=O) groups excluding carboxylic acids is 1. The van der Waals surface area contributed by atoms with Crippen molar-refractivity contribution in [2.75, 3.05) is 12.8 Å². The van der Waals surface area contributed by atoms with Crippen molar-refractivity contribution in [3.63, 3.8) is 0 Å². The van der Waals surface area contributed by atoms with Crippen LogP contribution in [0.25, 0.3) is 0 Å². The van der Waals surface area contributed by atoms with Crippen molar-refractivity contribution in [1.29, 1.82) is 0 Å². The van der Waals surface area contributed by atoms with Crippen molar-refractivity contribution in [2.45, 2.75) is 9.79 Å². The summed E-state index contributed by atoms with van der Waals surface area (Å²) in [6.07, 6.45) is 0. The van der Waals surface area contributed by atoms with Crippen LogP contribution in [0.15, 0.2) is 52.3 Å². The fourth-order valence-electron chi connectivity index (χ4n) is 1.57. The summed E-state index contributed by atoms with van der Waals surface area (Å²) in [5, 5.41) is 0. The van der Waals surface area contributed by atoms with Crippen molar-refractivity contribution in [3.8, 4) is 5.75 Å². The third kappa shape index (κ3) is 3.20. The molecule has 2 rings (SSSR count). The number of anilines is 1. The summed E-state index contributed by atoms with van der Waals surface area (Å²) < 4.78 is 5.10. The van der Waals surface area contributed by atoms with E-state index < -0.39 is 5.91 Å². The maximum atomic E-state index is 11.0. The zero-order valence-electron chi connectivity index (χ0n) is 10.4. The topological polar surface area (TPSA) is 78.3 Å². The fourth-order valence-corrected chi connectivity index (χ4v) is 2.40. The highest BCUT2D eigenvalue weighted by Crippen LogP contribution is 2.33. The van der Waals surface area contributed by atoms with Crippen LogP contribution in [-0.4, -0.2) is 13.0 Å². The molecule has 4 N–H and O–H groups in total. The first-order valence-electron chi connectivity index (χ1n) is 5.61. The third-order valence-electron chi connectivity index (χ3n) is 2.58. The predicted molar refractivity (Wildman–Crippen MR) is 76.5 cm³/mol. The van der Waals surface area contributed by atoms with Crippen LogP contribution in [-0.2, 0) is 0 Å². The summed E-state index contributed by atoms with van der Waals surface area (Å²) >= 11 is 1.52. The average Bonchev–Trinajstić information content (AvgIpc) is 2.41. The number of hydrogen-bond acceptors (Lipinski definition) is 4. The van der Waals surface area contributed by atoms with E-state index in [1.54, 1.807) is 25.3 Å². The summed E-state index contributed by atoms with van der Waals surface area (Å²) in [4.78, 5) is 13.0. The maximum Gasteiger partial charge on any atom is 0.248 e. The van der Waals surface area contributed by atoms with Gasteiger partial charge in [0.25, 0.3) is 0 Å². The van der Waals surface area contributed by atoms with Gasteiger partial charge in [0.05, 0.1) is 7.11 Å². The molecule has 0 unspecified atom stereocenters. The van der Waals surface area contributed by atoms with Crippen LogP contribution in [0, 0.1) is 0 Å². The number of methoxy groups -OCH3 is 1. The molecular formula is C14H14N2O2S. The van der Waals surface area contributed by atoms with Crippen LogP contribution in [0.4, 0.5) is 5.69 Å². The van der Waals surface area contributed by atoms with Gasteiger partial charge in [-0.25, -0.2) is 0 Å². The van der Waals surface area contributed by atoms with E-state index in [-0.39, 0.29) is 0 Å². The molecule has 0 saturated heterocycles. The Morgan fingerprint density at radius 2 is 1.84 bits per heavy atom. The normalized spacial score (nSPS) is 10.2. The number of hydrogen-bond donors (Lipinski definition) is 2. The molecule has 0 atom stereocenters. The van der Waals surface area contributed by atoms with Gasteiger partial charge >= 0.3 is 0 Å². The average molecular weight is 274 g/mol. The van der Waals surface area contributed by atoms with Gasteiger partial charge in [0.2, 0.25) is 5.91 Å². The fraction of sp³-hybridized carbons (Fsp3) is 0.0714. The molecule has 0 aliphatic carbocycles. The summed E-state index contributed by atoms with van der Waals surface area (Å²) in [6.45, 7) is 0. The number of carbonyl (C=O) groups is 1. The van der Waals surface area contributed by atoms with Crippen LogP contribution < -0.4 is 16.2 Å². The van der Waals surface area contributed by atoms with Crippen LogP contribution in [0.3, 0.4) is 0 Å². The molecule has 19 heavy (non-hydrogen) atoms. The first kappa shape index (κ1) is 13.3. The van der Waals surface area contributed by atoms with Crippen LogP contribution in [0.2, 0.25) is 0 Å². The molecule has 0 heterocycles. The minimum atomic E-state index is -0.479. The van der Waals surface area contributed by atoms with Crippen molar-refractivity contribution in [2.24, 2.45) is 5.73 Å². The van der Waals surface area contributed by atoms with Gasteiger partial charge in [0.15, 0.2) is 0 Å². The molecule has 0 bridgehead atoms. The Kier molecular flexibility index (Phi) is 3.97. The van der Waals surface area contributed by atoms with Gasteiger partial charge in [0, 0.05) is 21.0 Å². The second-order valence-electron chi connectivity index (χ2n) is 3.89. The van der Waals surface area contributed by atoms with E-state index in [1.807, 2.05) is 24.3 Å². The number of rotatable bonds is 4. The highest BCUT2D eigenvalue weighted by molar-refractivity contribution is 7.99. The predicted octanol–water partition coefficient (Wildman–Crippen LogP) is 2.53. The lowest BCUT2D eigenvalue weighted by Crippen LogP contribution is -2.11. The highest BCUT2D eigenvalue weighted by atomic mass is 32.2. The van der Waals surface area contributed by atoms with Crippen LogP contribution >= 0.6 is 11.8 Å². The Hall–Kier alpha value is -2.14. The Morgan fingerprint density at radius 3 is 2.37 bits per heavy atom. The van der Waals surface area contributed by atoms with Gasteiger partial charge in [-0.1, -0.05) is 11.8 Å². The maximum absolute atomic E-state index is 11.0. The standard InChI is InChI=1S/C14H14N2O2S/c1-18-10-3-5-11(6-4-10)19-13-7-2-9(14(16)17)8-12(13)15/h2-8H,15H2,1H3,(H2,16,17). The summed E-state index contributed by atoms with van der Waals surface area (Å²) in [6, 6.07) is 12.7. The van der Waals surface area contributed by atoms with Crippen molar-refractivity contribution in [1.82, 2.24) is 0 Å². The molecule has 2 aromatic rings. The first-order valence-corrected chi connectivity index (χ1v) is 6.43. The molecule has 0 fully saturated rings. The molecule has 4 nitrogen and oxygen atoms in total. The van der Waals surface area contributed by atoms with E-state index in [0.29, 0.717) is 11.3 Å². The number of nitrogen functional groups attached to an aromatic ring is 1. The van der Waals surface area contributed by atoms with E-state index in [0.717, 1.165) is 15.5 Å². The number of ether oxygens (including phenoxy) is 1. The van der Waals surface area contributed by atoms with Crippen molar-refractivity contribution < 1.29 is 9.53 Å². The summed E-state index contributed by atoms with van der Waals surface area (Å²) in [7, 11) is 1.63. The van der Waals surface area contributed by atoms with Gasteiger partial charge in [0.1, 0.15) is 5.75 Å². The molecular weight excluding hydrogens is 260 g/mol. The lowest BCUT2D eigenvalue weighted by Gasteiger charge is -2.07. The highest BCUT2D eigenvalue weighted by Gasteiger charge is 2.06. The van der Waals surface area contributed by atoms with Crippen molar-refractivity contribution >= 4 is 23.4 Å². The van der Waals surface area contributed by atoms with E-state index in [1.165, 1.54) is 11.8 Å². The summed E-state index contributed by atoms with van der Waals surface area (Å²) in [5.41, 5.74) is 12.1. The smallest absolute Gasteiger partial charge is 0.248 e. The largest absolute Gasteiger partial charge is 0.497 e.